The Balaban J connectivity index is 2.59. The fraction of sp³-hybridized carbons (Fsp3) is 0.286. The Kier molecular flexibility index (Phi) is 4.37. The lowest BCUT2D eigenvalue weighted by Crippen LogP contribution is -2.40. The van der Waals surface area contributed by atoms with Crippen LogP contribution in [-0.2, 0) is 13.1 Å². The predicted molar refractivity (Wildman–Crippen MR) is 82.2 cm³/mol. The molecule has 0 fully saturated rings. The maximum atomic E-state index is 12.3. The topological polar surface area (TPSA) is 79.2 Å². The fourth-order valence-corrected chi connectivity index (χ4v) is 2.28. The molecule has 2 N–H and O–H groups in total. The van der Waals surface area contributed by atoms with Crippen molar-refractivity contribution in [3.63, 3.8) is 0 Å². The minimum Gasteiger partial charge on any atom is -0.496 e. The average molecular weight is 310 g/mol. The monoisotopic (exact) mass is 309 g/mol. The molecule has 112 valence electrons. The summed E-state index contributed by atoms with van der Waals surface area (Å²) in [6.07, 6.45) is 1.36. The summed E-state index contributed by atoms with van der Waals surface area (Å²) in [4.78, 5) is 24.4. The zero-order chi connectivity index (χ0) is 15.6. The van der Waals surface area contributed by atoms with Crippen molar-refractivity contribution >= 4 is 17.3 Å². The number of halogens is 1. The van der Waals surface area contributed by atoms with Gasteiger partial charge in [-0.1, -0.05) is 11.6 Å². The Morgan fingerprint density at radius 1 is 1.33 bits per heavy atom. The fourth-order valence-electron chi connectivity index (χ4n) is 2.08. The molecule has 0 atom stereocenters. The molecule has 7 heteroatoms. The first-order chi connectivity index (χ1) is 9.97. The summed E-state index contributed by atoms with van der Waals surface area (Å²) >= 11 is 5.96. The first-order valence-corrected chi connectivity index (χ1v) is 6.78. The molecule has 0 spiro atoms. The number of hydrogen-bond acceptors (Lipinski definition) is 4. The highest BCUT2D eigenvalue weighted by Crippen LogP contribution is 2.22. The maximum Gasteiger partial charge on any atom is 0.331 e. The summed E-state index contributed by atoms with van der Waals surface area (Å²) in [5.74, 6) is 0.552. The average Bonchev–Trinajstić information content (AvgIpc) is 2.47. The first kappa shape index (κ1) is 15.2. The van der Waals surface area contributed by atoms with Gasteiger partial charge in [-0.3, -0.25) is 13.9 Å². The van der Waals surface area contributed by atoms with Crippen molar-refractivity contribution in [2.75, 3.05) is 12.8 Å². The highest BCUT2D eigenvalue weighted by Gasteiger charge is 2.12. The molecule has 2 rings (SSSR count). The van der Waals surface area contributed by atoms with Crippen LogP contribution in [0.2, 0.25) is 5.02 Å². The maximum absolute atomic E-state index is 12.3. The molecular formula is C14H16ClN3O3. The van der Waals surface area contributed by atoms with Gasteiger partial charge in [0.25, 0.3) is 5.56 Å². The molecule has 0 saturated carbocycles. The van der Waals surface area contributed by atoms with Crippen LogP contribution in [0.5, 0.6) is 5.75 Å². The third-order valence-corrected chi connectivity index (χ3v) is 3.41. The number of hydrogen-bond donors (Lipinski definition) is 1. The second-order valence-corrected chi connectivity index (χ2v) is 4.94. The second-order valence-electron chi connectivity index (χ2n) is 4.50. The quantitative estimate of drug-likeness (QED) is 0.924. The number of benzene rings is 1. The summed E-state index contributed by atoms with van der Waals surface area (Å²) in [6, 6.07) is 5.02. The smallest absolute Gasteiger partial charge is 0.331 e. The molecule has 0 aliphatic heterocycles. The van der Waals surface area contributed by atoms with E-state index in [-0.39, 0.29) is 12.2 Å². The van der Waals surface area contributed by atoms with Gasteiger partial charge in [0, 0.05) is 23.3 Å². The number of anilines is 1. The van der Waals surface area contributed by atoms with E-state index in [1.165, 1.54) is 17.9 Å². The van der Waals surface area contributed by atoms with Gasteiger partial charge >= 0.3 is 5.69 Å². The lowest BCUT2D eigenvalue weighted by molar-refractivity contribution is 0.407. The predicted octanol–water partition coefficient (Wildman–Crippen LogP) is 1.32. The van der Waals surface area contributed by atoms with Gasteiger partial charge in [0.1, 0.15) is 11.4 Å². The molecule has 2 aromatic rings. The molecule has 0 saturated heterocycles. The van der Waals surface area contributed by atoms with Crippen molar-refractivity contribution in [2.24, 2.45) is 0 Å². The Morgan fingerprint density at radius 2 is 2.05 bits per heavy atom. The second kappa shape index (κ2) is 6.05. The zero-order valence-corrected chi connectivity index (χ0v) is 12.6. The lowest BCUT2D eigenvalue weighted by atomic mass is 10.2. The molecular weight excluding hydrogens is 294 g/mol. The lowest BCUT2D eigenvalue weighted by Gasteiger charge is -2.12. The number of nitrogens with two attached hydrogens (primary N) is 1. The van der Waals surface area contributed by atoms with E-state index in [1.807, 2.05) is 0 Å². The number of aryl methyl sites for hydroxylation is 1. The third kappa shape index (κ3) is 2.95. The van der Waals surface area contributed by atoms with Crippen molar-refractivity contribution in [3.8, 4) is 5.75 Å². The number of ether oxygens (including phenoxy) is 1. The van der Waals surface area contributed by atoms with E-state index >= 15 is 0 Å². The summed E-state index contributed by atoms with van der Waals surface area (Å²) in [7, 11) is 1.51. The highest BCUT2D eigenvalue weighted by molar-refractivity contribution is 6.30. The zero-order valence-electron chi connectivity index (χ0n) is 11.8. The van der Waals surface area contributed by atoms with Crippen molar-refractivity contribution in [1.82, 2.24) is 9.13 Å². The van der Waals surface area contributed by atoms with Crippen LogP contribution < -0.4 is 21.7 Å². The minimum absolute atomic E-state index is 0.0254. The summed E-state index contributed by atoms with van der Waals surface area (Å²) in [5.41, 5.74) is 5.39. The summed E-state index contributed by atoms with van der Waals surface area (Å²) in [5, 5.41) is 0.499. The van der Waals surface area contributed by atoms with Gasteiger partial charge in [-0.15, -0.1) is 0 Å². The molecule has 1 aromatic heterocycles. The number of aromatic nitrogens is 2. The Labute approximate surface area is 126 Å². The number of methoxy groups -OCH3 is 1. The van der Waals surface area contributed by atoms with E-state index in [0.717, 1.165) is 4.57 Å². The molecule has 0 amide bonds. The van der Waals surface area contributed by atoms with Crippen LogP contribution in [0.1, 0.15) is 12.5 Å². The summed E-state index contributed by atoms with van der Waals surface area (Å²) < 4.78 is 7.68. The van der Waals surface area contributed by atoms with Crippen molar-refractivity contribution in [3.05, 3.63) is 55.8 Å². The van der Waals surface area contributed by atoms with Gasteiger partial charge in [-0.05, 0) is 25.1 Å². The van der Waals surface area contributed by atoms with Gasteiger partial charge in [-0.2, -0.15) is 0 Å². The van der Waals surface area contributed by atoms with Crippen molar-refractivity contribution in [1.29, 1.82) is 0 Å². The Morgan fingerprint density at radius 3 is 2.67 bits per heavy atom. The molecule has 0 aliphatic rings. The SMILES string of the molecule is CCn1cc(N)c(=O)n(Cc2cc(Cl)ccc2OC)c1=O. The molecule has 0 aliphatic carbocycles. The minimum atomic E-state index is -0.522. The van der Waals surface area contributed by atoms with Crippen molar-refractivity contribution in [2.45, 2.75) is 20.0 Å². The van der Waals surface area contributed by atoms with Crippen molar-refractivity contribution < 1.29 is 4.74 Å². The van der Waals surface area contributed by atoms with Crippen LogP contribution in [0.4, 0.5) is 5.69 Å². The molecule has 6 nitrogen and oxygen atoms in total. The summed E-state index contributed by atoms with van der Waals surface area (Å²) in [6.45, 7) is 2.28. The van der Waals surface area contributed by atoms with Gasteiger partial charge in [0.15, 0.2) is 0 Å². The van der Waals surface area contributed by atoms with Crippen LogP contribution >= 0.6 is 11.6 Å². The number of rotatable bonds is 4. The number of nitrogens with zero attached hydrogens (tertiary/aromatic N) is 2. The van der Waals surface area contributed by atoms with Gasteiger partial charge in [0.05, 0.1) is 13.7 Å². The van der Waals surface area contributed by atoms with Crippen LogP contribution in [0.3, 0.4) is 0 Å². The van der Waals surface area contributed by atoms with E-state index in [4.69, 9.17) is 22.1 Å². The van der Waals surface area contributed by atoms with Crippen LogP contribution in [0, 0.1) is 0 Å². The Bertz CT molecular complexity index is 780. The normalized spacial score (nSPS) is 10.6. The molecule has 1 heterocycles. The number of nitrogen functional groups attached to an aromatic ring is 1. The van der Waals surface area contributed by atoms with Gasteiger partial charge < -0.3 is 10.5 Å². The molecule has 0 bridgehead atoms. The van der Waals surface area contributed by atoms with E-state index < -0.39 is 11.2 Å². The molecule has 0 unspecified atom stereocenters. The van der Waals surface area contributed by atoms with E-state index in [1.54, 1.807) is 25.1 Å². The van der Waals surface area contributed by atoms with E-state index in [0.29, 0.717) is 22.9 Å². The van der Waals surface area contributed by atoms with E-state index in [2.05, 4.69) is 0 Å². The van der Waals surface area contributed by atoms with Crippen LogP contribution in [0.25, 0.3) is 0 Å². The molecule has 21 heavy (non-hydrogen) atoms. The Hall–Kier alpha value is -2.21. The molecule has 0 radical (unpaired) electrons. The van der Waals surface area contributed by atoms with E-state index in [9.17, 15) is 9.59 Å². The van der Waals surface area contributed by atoms with Crippen LogP contribution in [0.15, 0.2) is 34.0 Å². The third-order valence-electron chi connectivity index (χ3n) is 3.18. The standard InChI is InChI=1S/C14H16ClN3O3/c1-3-17-8-11(16)13(19)18(14(17)20)7-9-6-10(15)4-5-12(9)21-2/h4-6,8H,3,7,16H2,1-2H3. The largest absolute Gasteiger partial charge is 0.496 e. The van der Waals surface area contributed by atoms with Gasteiger partial charge in [-0.25, -0.2) is 4.79 Å². The molecule has 1 aromatic carbocycles. The first-order valence-electron chi connectivity index (χ1n) is 6.40. The highest BCUT2D eigenvalue weighted by atomic mass is 35.5. The van der Waals surface area contributed by atoms with Crippen LogP contribution in [-0.4, -0.2) is 16.2 Å². The van der Waals surface area contributed by atoms with Gasteiger partial charge in [0.2, 0.25) is 0 Å².